The molecule has 1 aromatic carbocycles. The Labute approximate surface area is 165 Å². The molecular formula is C23H26N4O. The van der Waals surface area contributed by atoms with Crippen molar-refractivity contribution in [3.63, 3.8) is 0 Å². The number of fused-ring (bicyclic) bond motifs is 1. The summed E-state index contributed by atoms with van der Waals surface area (Å²) in [5, 5.41) is 7.07. The summed E-state index contributed by atoms with van der Waals surface area (Å²) in [5.74, 6) is 0.581. The van der Waals surface area contributed by atoms with E-state index >= 15 is 0 Å². The van der Waals surface area contributed by atoms with Gasteiger partial charge in [0.1, 0.15) is 5.82 Å². The molecular weight excluding hydrogens is 348 g/mol. The van der Waals surface area contributed by atoms with Crippen LogP contribution in [-0.2, 0) is 0 Å². The monoisotopic (exact) mass is 374 g/mol. The Morgan fingerprint density at radius 2 is 1.79 bits per heavy atom. The average Bonchev–Trinajstić information content (AvgIpc) is 2.67. The van der Waals surface area contributed by atoms with Crippen LogP contribution in [0.4, 0.5) is 10.6 Å². The molecule has 1 fully saturated rings. The number of nitrogens with one attached hydrogen (secondary N) is 2. The van der Waals surface area contributed by atoms with E-state index in [1.54, 1.807) is 12.4 Å². The van der Waals surface area contributed by atoms with Crippen molar-refractivity contribution in [2.45, 2.75) is 52.0 Å². The van der Waals surface area contributed by atoms with Crippen molar-refractivity contribution < 1.29 is 4.79 Å². The smallest absolute Gasteiger partial charge is 0.320 e. The van der Waals surface area contributed by atoms with Crippen LogP contribution in [0.15, 0.2) is 42.7 Å². The van der Waals surface area contributed by atoms with Crippen LogP contribution in [0.25, 0.3) is 22.0 Å². The highest BCUT2D eigenvalue weighted by atomic mass is 16.2. The van der Waals surface area contributed by atoms with Crippen LogP contribution in [-0.4, -0.2) is 22.0 Å². The summed E-state index contributed by atoms with van der Waals surface area (Å²) in [6.45, 7) is 4.16. The van der Waals surface area contributed by atoms with Gasteiger partial charge in [-0.2, -0.15) is 0 Å². The first-order chi connectivity index (χ1) is 13.6. The lowest BCUT2D eigenvalue weighted by Crippen LogP contribution is -2.39. The number of carbonyl (C=O) groups excluding carboxylic acids is 1. The fraction of sp³-hybridized carbons (Fsp3) is 0.348. The van der Waals surface area contributed by atoms with Crippen molar-refractivity contribution in [3.05, 3.63) is 53.9 Å². The highest BCUT2D eigenvalue weighted by molar-refractivity contribution is 5.97. The van der Waals surface area contributed by atoms with Crippen molar-refractivity contribution in [3.8, 4) is 11.1 Å². The van der Waals surface area contributed by atoms with E-state index in [-0.39, 0.29) is 12.1 Å². The van der Waals surface area contributed by atoms with E-state index in [9.17, 15) is 4.79 Å². The lowest BCUT2D eigenvalue weighted by Gasteiger charge is -2.23. The van der Waals surface area contributed by atoms with Gasteiger partial charge >= 0.3 is 6.03 Å². The molecule has 2 N–H and O–H groups in total. The van der Waals surface area contributed by atoms with Crippen LogP contribution in [0, 0.1) is 13.8 Å². The van der Waals surface area contributed by atoms with Crippen molar-refractivity contribution in [2.24, 2.45) is 0 Å². The second kappa shape index (κ2) is 7.97. The number of nitrogens with zero attached hydrogens (tertiary/aromatic N) is 2. The number of aromatic nitrogens is 2. The maximum atomic E-state index is 12.7. The second-order valence-electron chi connectivity index (χ2n) is 7.76. The van der Waals surface area contributed by atoms with Crippen molar-refractivity contribution >= 4 is 22.8 Å². The van der Waals surface area contributed by atoms with Gasteiger partial charge in [-0.05, 0) is 44.4 Å². The molecule has 2 heterocycles. The number of rotatable bonds is 3. The summed E-state index contributed by atoms with van der Waals surface area (Å²) >= 11 is 0. The van der Waals surface area contributed by atoms with Gasteiger partial charge in [0, 0.05) is 29.4 Å². The lowest BCUT2D eigenvalue weighted by atomic mass is 9.96. The molecule has 3 aromatic rings. The Morgan fingerprint density at radius 1 is 1.04 bits per heavy atom. The molecule has 5 nitrogen and oxygen atoms in total. The summed E-state index contributed by atoms with van der Waals surface area (Å²) in [6, 6.07) is 10.4. The van der Waals surface area contributed by atoms with E-state index in [1.807, 2.05) is 6.07 Å². The fourth-order valence-electron chi connectivity index (χ4n) is 4.04. The molecule has 0 spiro atoms. The van der Waals surface area contributed by atoms with Gasteiger partial charge in [-0.25, -0.2) is 9.78 Å². The maximum Gasteiger partial charge on any atom is 0.320 e. The zero-order chi connectivity index (χ0) is 19.5. The standard InChI is InChI=1S/C23H26N4O/c1-15-10-16(2)12-17(11-15)20-13-18-14-24-9-8-21(18)26-22(20)27-23(28)25-19-6-4-3-5-7-19/h8-14,19H,3-7H2,1-2H3,(H2,25,26,27,28). The van der Waals surface area contributed by atoms with E-state index in [0.29, 0.717) is 5.82 Å². The Morgan fingerprint density at radius 3 is 2.54 bits per heavy atom. The minimum Gasteiger partial charge on any atom is -0.335 e. The van der Waals surface area contributed by atoms with Crippen LogP contribution in [0.1, 0.15) is 43.2 Å². The molecule has 0 aliphatic heterocycles. The Bertz CT molecular complexity index is 988. The number of hydrogen-bond donors (Lipinski definition) is 2. The van der Waals surface area contributed by atoms with Gasteiger partial charge in [0.25, 0.3) is 0 Å². The van der Waals surface area contributed by atoms with Gasteiger partial charge in [-0.15, -0.1) is 0 Å². The summed E-state index contributed by atoms with van der Waals surface area (Å²) in [4.78, 5) is 21.6. The van der Waals surface area contributed by atoms with Crippen molar-refractivity contribution in [2.75, 3.05) is 5.32 Å². The normalized spacial score (nSPS) is 14.8. The van der Waals surface area contributed by atoms with Gasteiger partial charge in [0.15, 0.2) is 0 Å². The maximum absolute atomic E-state index is 12.7. The number of carbonyl (C=O) groups is 1. The first-order valence-corrected chi connectivity index (χ1v) is 9.99. The predicted octanol–water partition coefficient (Wildman–Crippen LogP) is 5.37. The quantitative estimate of drug-likeness (QED) is 0.648. The highest BCUT2D eigenvalue weighted by Crippen LogP contribution is 2.31. The van der Waals surface area contributed by atoms with E-state index in [1.165, 1.54) is 30.4 Å². The Balaban J connectivity index is 1.69. The molecule has 5 heteroatoms. The third-order valence-corrected chi connectivity index (χ3v) is 5.32. The van der Waals surface area contributed by atoms with E-state index in [2.05, 4.69) is 53.7 Å². The van der Waals surface area contributed by atoms with Crippen LogP contribution < -0.4 is 10.6 Å². The number of anilines is 1. The van der Waals surface area contributed by atoms with Gasteiger partial charge in [0.05, 0.1) is 5.52 Å². The Kier molecular flexibility index (Phi) is 5.24. The third-order valence-electron chi connectivity index (χ3n) is 5.32. The molecule has 1 aliphatic carbocycles. The minimum atomic E-state index is -0.182. The molecule has 0 bridgehead atoms. The summed E-state index contributed by atoms with van der Waals surface area (Å²) in [5.41, 5.74) is 5.13. The van der Waals surface area contributed by atoms with Gasteiger partial charge in [0.2, 0.25) is 0 Å². The highest BCUT2D eigenvalue weighted by Gasteiger charge is 2.18. The largest absolute Gasteiger partial charge is 0.335 e. The zero-order valence-electron chi connectivity index (χ0n) is 16.5. The summed E-state index contributed by atoms with van der Waals surface area (Å²) in [6.07, 6.45) is 9.25. The molecule has 0 radical (unpaired) electrons. The van der Waals surface area contributed by atoms with Crippen LogP contribution in [0.2, 0.25) is 0 Å². The van der Waals surface area contributed by atoms with Gasteiger partial charge < -0.3 is 5.32 Å². The van der Waals surface area contributed by atoms with Crippen LogP contribution in [0.3, 0.4) is 0 Å². The molecule has 2 amide bonds. The van der Waals surface area contributed by atoms with Crippen molar-refractivity contribution in [1.82, 2.24) is 15.3 Å². The first-order valence-electron chi connectivity index (χ1n) is 9.99. The molecule has 1 saturated carbocycles. The Hall–Kier alpha value is -2.95. The van der Waals surface area contributed by atoms with E-state index < -0.39 is 0 Å². The number of aryl methyl sites for hydroxylation is 2. The summed E-state index contributed by atoms with van der Waals surface area (Å²) in [7, 11) is 0. The molecule has 4 rings (SSSR count). The molecule has 0 unspecified atom stereocenters. The second-order valence-corrected chi connectivity index (χ2v) is 7.76. The number of urea groups is 1. The average molecular weight is 374 g/mol. The van der Waals surface area contributed by atoms with Crippen LogP contribution in [0.5, 0.6) is 0 Å². The number of pyridine rings is 2. The van der Waals surface area contributed by atoms with Gasteiger partial charge in [-0.1, -0.05) is 48.6 Å². The third kappa shape index (κ3) is 4.14. The number of amides is 2. The number of benzene rings is 1. The lowest BCUT2D eigenvalue weighted by molar-refractivity contribution is 0.244. The molecule has 2 aromatic heterocycles. The summed E-state index contributed by atoms with van der Waals surface area (Å²) < 4.78 is 0. The topological polar surface area (TPSA) is 66.9 Å². The predicted molar refractivity (Wildman–Crippen MR) is 113 cm³/mol. The molecule has 0 saturated heterocycles. The number of hydrogen-bond acceptors (Lipinski definition) is 3. The SMILES string of the molecule is Cc1cc(C)cc(-c2cc3cnccc3nc2NC(=O)NC2CCCCC2)c1. The fourth-order valence-corrected chi connectivity index (χ4v) is 4.04. The molecule has 1 aliphatic rings. The molecule has 0 atom stereocenters. The molecule has 28 heavy (non-hydrogen) atoms. The first kappa shape index (κ1) is 18.4. The minimum absolute atomic E-state index is 0.182. The van der Waals surface area contributed by atoms with Crippen molar-refractivity contribution in [1.29, 1.82) is 0 Å². The van der Waals surface area contributed by atoms with E-state index in [4.69, 9.17) is 4.98 Å². The zero-order valence-corrected chi connectivity index (χ0v) is 16.5. The van der Waals surface area contributed by atoms with Crippen LogP contribution >= 0.6 is 0 Å². The van der Waals surface area contributed by atoms with Gasteiger partial charge in [-0.3, -0.25) is 10.3 Å². The van der Waals surface area contributed by atoms with E-state index in [0.717, 1.165) is 34.9 Å². The molecule has 144 valence electrons.